The lowest BCUT2D eigenvalue weighted by atomic mass is 10.0. The molecule has 0 bridgehead atoms. The van der Waals surface area contributed by atoms with E-state index in [1.807, 2.05) is 6.92 Å². The van der Waals surface area contributed by atoms with Gasteiger partial charge in [0.15, 0.2) is 0 Å². The number of halogens is 3. The molecule has 1 aromatic rings. The summed E-state index contributed by atoms with van der Waals surface area (Å²) in [5, 5.41) is 3.30. The minimum absolute atomic E-state index is 0.257. The standard InChI is InChI=1S/C15H19F3N2O/c1-2-19-11-7-9-20(10-8-11)14(21)12-5-3-4-6-13(12)15(16,17)18/h3-6,11,19H,2,7-10H2,1H3. The fourth-order valence-electron chi connectivity index (χ4n) is 2.66. The third kappa shape index (κ3) is 3.75. The summed E-state index contributed by atoms with van der Waals surface area (Å²) in [5.74, 6) is -0.530. The zero-order valence-electron chi connectivity index (χ0n) is 11.9. The predicted molar refractivity (Wildman–Crippen MR) is 74.0 cm³/mol. The van der Waals surface area contributed by atoms with Crippen LogP contribution in [0.3, 0.4) is 0 Å². The number of hydrogen-bond acceptors (Lipinski definition) is 2. The molecule has 1 saturated heterocycles. The molecular weight excluding hydrogens is 281 g/mol. The monoisotopic (exact) mass is 300 g/mol. The van der Waals surface area contributed by atoms with Gasteiger partial charge >= 0.3 is 6.18 Å². The molecule has 3 nitrogen and oxygen atoms in total. The summed E-state index contributed by atoms with van der Waals surface area (Å²) in [6.45, 7) is 3.85. The van der Waals surface area contributed by atoms with Crippen molar-refractivity contribution in [3.63, 3.8) is 0 Å². The predicted octanol–water partition coefficient (Wildman–Crippen LogP) is 2.92. The fourth-order valence-corrected chi connectivity index (χ4v) is 2.66. The second-order valence-corrected chi connectivity index (χ2v) is 5.17. The Bertz CT molecular complexity index is 494. The van der Waals surface area contributed by atoms with E-state index in [9.17, 15) is 18.0 Å². The Kier molecular flexibility index (Phi) is 4.88. The van der Waals surface area contributed by atoms with E-state index in [2.05, 4.69) is 5.32 Å². The van der Waals surface area contributed by atoms with Crippen LogP contribution in [0.2, 0.25) is 0 Å². The first-order valence-electron chi connectivity index (χ1n) is 7.12. The Labute approximate surface area is 122 Å². The van der Waals surface area contributed by atoms with Crippen LogP contribution in [0.1, 0.15) is 35.7 Å². The fraction of sp³-hybridized carbons (Fsp3) is 0.533. The number of nitrogens with one attached hydrogen (secondary N) is 1. The molecule has 0 spiro atoms. The van der Waals surface area contributed by atoms with Gasteiger partial charge in [-0.25, -0.2) is 0 Å². The first kappa shape index (κ1) is 15.8. The van der Waals surface area contributed by atoms with Gasteiger partial charge in [-0.3, -0.25) is 4.79 Å². The SMILES string of the molecule is CCNC1CCN(C(=O)c2ccccc2C(F)(F)F)CC1. The molecule has 1 fully saturated rings. The molecule has 1 aliphatic rings. The first-order chi connectivity index (χ1) is 9.93. The maximum atomic E-state index is 13.0. The van der Waals surface area contributed by atoms with Gasteiger partial charge in [-0.1, -0.05) is 19.1 Å². The van der Waals surface area contributed by atoms with E-state index < -0.39 is 17.6 Å². The molecule has 21 heavy (non-hydrogen) atoms. The van der Waals surface area contributed by atoms with Gasteiger partial charge in [-0.05, 0) is 31.5 Å². The molecule has 0 radical (unpaired) electrons. The number of alkyl halides is 3. The van der Waals surface area contributed by atoms with E-state index in [0.717, 1.165) is 25.5 Å². The molecule has 1 aliphatic heterocycles. The smallest absolute Gasteiger partial charge is 0.339 e. The molecule has 1 N–H and O–H groups in total. The Hall–Kier alpha value is -1.56. The zero-order chi connectivity index (χ0) is 15.5. The molecule has 0 saturated carbocycles. The number of carbonyl (C=O) groups excluding carboxylic acids is 1. The van der Waals surface area contributed by atoms with Crippen LogP contribution in [0, 0.1) is 0 Å². The third-order valence-corrected chi connectivity index (χ3v) is 3.74. The van der Waals surface area contributed by atoms with Gasteiger partial charge in [0.05, 0.1) is 11.1 Å². The molecule has 116 valence electrons. The second kappa shape index (κ2) is 6.47. The number of piperidine rings is 1. The lowest BCUT2D eigenvalue weighted by Crippen LogP contribution is -2.45. The molecule has 1 heterocycles. The highest BCUT2D eigenvalue weighted by Crippen LogP contribution is 2.32. The summed E-state index contributed by atoms with van der Waals surface area (Å²) >= 11 is 0. The molecule has 1 amide bonds. The van der Waals surface area contributed by atoms with Crippen LogP contribution >= 0.6 is 0 Å². The van der Waals surface area contributed by atoms with Gasteiger partial charge in [0, 0.05) is 19.1 Å². The van der Waals surface area contributed by atoms with Crippen molar-refractivity contribution in [2.24, 2.45) is 0 Å². The first-order valence-corrected chi connectivity index (χ1v) is 7.12. The lowest BCUT2D eigenvalue weighted by molar-refractivity contribution is -0.138. The van der Waals surface area contributed by atoms with Crippen LogP contribution in [-0.4, -0.2) is 36.5 Å². The number of rotatable bonds is 3. The van der Waals surface area contributed by atoms with Gasteiger partial charge in [-0.15, -0.1) is 0 Å². The van der Waals surface area contributed by atoms with Crippen LogP contribution < -0.4 is 5.32 Å². The molecule has 1 aromatic carbocycles. The van der Waals surface area contributed by atoms with Gasteiger partial charge in [0.1, 0.15) is 0 Å². The minimum Gasteiger partial charge on any atom is -0.339 e. The Morgan fingerprint density at radius 3 is 2.48 bits per heavy atom. The summed E-state index contributed by atoms with van der Waals surface area (Å²) in [6, 6.07) is 5.32. The van der Waals surface area contributed by atoms with E-state index in [-0.39, 0.29) is 5.56 Å². The molecule has 2 rings (SSSR count). The summed E-state index contributed by atoms with van der Waals surface area (Å²) in [6.07, 6.45) is -2.96. The van der Waals surface area contributed by atoms with Crippen molar-refractivity contribution in [1.29, 1.82) is 0 Å². The van der Waals surface area contributed by atoms with E-state index in [1.54, 1.807) is 0 Å². The quantitative estimate of drug-likeness (QED) is 0.931. The van der Waals surface area contributed by atoms with E-state index in [0.29, 0.717) is 19.1 Å². The summed E-state index contributed by atoms with van der Waals surface area (Å²) in [7, 11) is 0. The van der Waals surface area contributed by atoms with Crippen LogP contribution in [0.5, 0.6) is 0 Å². The average molecular weight is 300 g/mol. The molecule has 0 unspecified atom stereocenters. The highest BCUT2D eigenvalue weighted by atomic mass is 19.4. The zero-order valence-corrected chi connectivity index (χ0v) is 11.9. The number of amides is 1. The summed E-state index contributed by atoms with van der Waals surface area (Å²) in [4.78, 5) is 13.8. The Morgan fingerprint density at radius 1 is 1.29 bits per heavy atom. The normalized spacial score (nSPS) is 17.0. The number of carbonyl (C=O) groups is 1. The largest absolute Gasteiger partial charge is 0.417 e. The van der Waals surface area contributed by atoms with Gasteiger partial charge in [0.2, 0.25) is 0 Å². The topological polar surface area (TPSA) is 32.3 Å². The molecule has 0 aliphatic carbocycles. The highest BCUT2D eigenvalue weighted by Gasteiger charge is 2.36. The number of nitrogens with zero attached hydrogens (tertiary/aromatic N) is 1. The second-order valence-electron chi connectivity index (χ2n) is 5.17. The van der Waals surface area contributed by atoms with E-state index in [4.69, 9.17) is 0 Å². The van der Waals surface area contributed by atoms with Gasteiger partial charge in [0.25, 0.3) is 5.91 Å². The molecule has 0 aromatic heterocycles. The van der Waals surface area contributed by atoms with Crippen LogP contribution in [0.15, 0.2) is 24.3 Å². The average Bonchev–Trinajstić information content (AvgIpc) is 2.47. The highest BCUT2D eigenvalue weighted by molar-refractivity contribution is 5.96. The molecule has 6 heteroatoms. The Morgan fingerprint density at radius 2 is 1.90 bits per heavy atom. The maximum absolute atomic E-state index is 13.0. The summed E-state index contributed by atoms with van der Waals surface area (Å²) < 4.78 is 38.9. The number of likely N-dealkylation sites (tertiary alicyclic amines) is 1. The lowest BCUT2D eigenvalue weighted by Gasteiger charge is -2.32. The maximum Gasteiger partial charge on any atom is 0.417 e. The van der Waals surface area contributed by atoms with Crippen LogP contribution in [0.25, 0.3) is 0 Å². The van der Waals surface area contributed by atoms with Crippen molar-refractivity contribution in [3.05, 3.63) is 35.4 Å². The Balaban J connectivity index is 2.12. The molecular formula is C15H19F3N2O. The number of benzene rings is 1. The molecule has 0 atom stereocenters. The van der Waals surface area contributed by atoms with Gasteiger partial charge < -0.3 is 10.2 Å². The van der Waals surface area contributed by atoms with Crippen LogP contribution in [0.4, 0.5) is 13.2 Å². The van der Waals surface area contributed by atoms with Crippen molar-refractivity contribution in [2.75, 3.05) is 19.6 Å². The van der Waals surface area contributed by atoms with Crippen molar-refractivity contribution < 1.29 is 18.0 Å². The van der Waals surface area contributed by atoms with E-state index in [1.165, 1.54) is 23.1 Å². The van der Waals surface area contributed by atoms with Crippen molar-refractivity contribution in [3.8, 4) is 0 Å². The van der Waals surface area contributed by atoms with Crippen molar-refractivity contribution >= 4 is 5.91 Å². The summed E-state index contributed by atoms with van der Waals surface area (Å²) in [5.41, 5.74) is -1.12. The van der Waals surface area contributed by atoms with Crippen molar-refractivity contribution in [2.45, 2.75) is 32.0 Å². The third-order valence-electron chi connectivity index (χ3n) is 3.74. The van der Waals surface area contributed by atoms with Gasteiger partial charge in [-0.2, -0.15) is 13.2 Å². The van der Waals surface area contributed by atoms with Crippen LogP contribution in [-0.2, 0) is 6.18 Å². The number of hydrogen-bond donors (Lipinski definition) is 1. The minimum atomic E-state index is -4.51. The van der Waals surface area contributed by atoms with Crippen molar-refractivity contribution in [1.82, 2.24) is 10.2 Å². The van der Waals surface area contributed by atoms with E-state index >= 15 is 0 Å².